The second-order valence-corrected chi connectivity index (χ2v) is 5.65. The van der Waals surface area contributed by atoms with Crippen LogP contribution in [0.15, 0.2) is 30.3 Å². The van der Waals surface area contributed by atoms with Crippen LogP contribution in [-0.2, 0) is 11.3 Å². The largest absolute Gasteiger partial charge is 0.348 e. The summed E-state index contributed by atoms with van der Waals surface area (Å²) >= 11 is 0. The minimum absolute atomic E-state index is 0.112. The molecule has 0 saturated carbocycles. The Balaban J connectivity index is 1.79. The van der Waals surface area contributed by atoms with Gasteiger partial charge in [-0.25, -0.2) is 0 Å². The molecule has 0 aliphatic carbocycles. The van der Waals surface area contributed by atoms with E-state index in [9.17, 15) is 4.79 Å². The lowest BCUT2D eigenvalue weighted by molar-refractivity contribution is -0.132. The van der Waals surface area contributed by atoms with Crippen LogP contribution in [0.3, 0.4) is 0 Å². The van der Waals surface area contributed by atoms with Crippen LogP contribution in [0.4, 0.5) is 0 Å². The highest BCUT2D eigenvalue weighted by Crippen LogP contribution is 2.30. The second-order valence-electron chi connectivity index (χ2n) is 5.65. The Morgan fingerprint density at radius 1 is 1.21 bits per heavy atom. The summed E-state index contributed by atoms with van der Waals surface area (Å²) in [7, 11) is 2.14. The molecule has 0 bridgehead atoms. The molecule has 2 aliphatic rings. The summed E-state index contributed by atoms with van der Waals surface area (Å²) in [6.45, 7) is 3.30. The number of hydrogen-bond acceptors (Lipinski definition) is 3. The van der Waals surface area contributed by atoms with E-state index in [0.29, 0.717) is 6.54 Å². The van der Waals surface area contributed by atoms with Crippen LogP contribution in [0.25, 0.3) is 0 Å². The van der Waals surface area contributed by atoms with Gasteiger partial charge in [0.15, 0.2) is 7.98 Å². The number of benzene rings is 1. The van der Waals surface area contributed by atoms with Crippen molar-refractivity contribution in [3.05, 3.63) is 35.9 Å². The van der Waals surface area contributed by atoms with Gasteiger partial charge in [0.2, 0.25) is 5.91 Å². The lowest BCUT2D eigenvalue weighted by Crippen LogP contribution is -2.57. The molecule has 100 valence electrons. The van der Waals surface area contributed by atoms with Crippen LogP contribution in [0, 0.1) is 0 Å². The summed E-state index contributed by atoms with van der Waals surface area (Å²) in [6.07, 6.45) is 2.03. The standard InChI is InChI=1S/C14H20BN3O/c15-17-8-6-14(7-9-17)16-10-13(19)18(14)11-12-4-2-1-3-5-12/h1-5,16H,6-11,15H2. The fraction of sp³-hybridized carbons (Fsp3) is 0.500. The van der Waals surface area contributed by atoms with Gasteiger partial charge >= 0.3 is 0 Å². The molecule has 2 saturated heterocycles. The van der Waals surface area contributed by atoms with Gasteiger partial charge in [-0.3, -0.25) is 10.1 Å². The minimum Gasteiger partial charge on any atom is -0.348 e. The van der Waals surface area contributed by atoms with Gasteiger partial charge in [-0.15, -0.1) is 0 Å². The van der Waals surface area contributed by atoms with Gasteiger partial charge in [-0.1, -0.05) is 30.3 Å². The normalized spacial score (nSPS) is 23.2. The molecule has 5 heteroatoms. The number of nitrogens with zero attached hydrogens (tertiary/aromatic N) is 2. The summed E-state index contributed by atoms with van der Waals surface area (Å²) in [6, 6.07) is 10.3. The smallest absolute Gasteiger partial charge is 0.238 e. The first-order chi connectivity index (χ1) is 9.20. The lowest BCUT2D eigenvalue weighted by Gasteiger charge is -2.44. The zero-order chi connectivity index (χ0) is 13.3. The number of amides is 1. The molecule has 19 heavy (non-hydrogen) atoms. The molecule has 2 aliphatic heterocycles. The molecule has 0 radical (unpaired) electrons. The average Bonchev–Trinajstić information content (AvgIpc) is 2.73. The minimum atomic E-state index is -0.112. The third-order valence-corrected chi connectivity index (χ3v) is 4.38. The molecule has 0 unspecified atom stereocenters. The average molecular weight is 257 g/mol. The molecular formula is C14H20BN3O. The van der Waals surface area contributed by atoms with Crippen molar-refractivity contribution >= 4 is 13.9 Å². The highest BCUT2D eigenvalue weighted by Gasteiger charge is 2.45. The van der Waals surface area contributed by atoms with Crippen molar-refractivity contribution in [1.29, 1.82) is 0 Å². The Labute approximate surface area is 115 Å². The number of hydrogen-bond donors (Lipinski definition) is 1. The Kier molecular flexibility index (Phi) is 3.33. The van der Waals surface area contributed by atoms with E-state index in [2.05, 4.69) is 35.1 Å². The van der Waals surface area contributed by atoms with Gasteiger partial charge < -0.3 is 9.71 Å². The van der Waals surface area contributed by atoms with Crippen LogP contribution >= 0.6 is 0 Å². The van der Waals surface area contributed by atoms with Gasteiger partial charge in [-0.2, -0.15) is 0 Å². The van der Waals surface area contributed by atoms with Crippen molar-refractivity contribution in [1.82, 2.24) is 15.0 Å². The van der Waals surface area contributed by atoms with Crippen molar-refractivity contribution in [2.45, 2.75) is 25.0 Å². The van der Waals surface area contributed by atoms with E-state index < -0.39 is 0 Å². The van der Waals surface area contributed by atoms with E-state index >= 15 is 0 Å². The third-order valence-electron chi connectivity index (χ3n) is 4.38. The maximum Gasteiger partial charge on any atom is 0.238 e. The summed E-state index contributed by atoms with van der Waals surface area (Å²) in [5.74, 6) is 0.230. The summed E-state index contributed by atoms with van der Waals surface area (Å²) in [5, 5.41) is 3.46. The summed E-state index contributed by atoms with van der Waals surface area (Å²) in [5.41, 5.74) is 1.09. The first-order valence-electron chi connectivity index (χ1n) is 6.98. The van der Waals surface area contributed by atoms with Crippen LogP contribution in [0.1, 0.15) is 18.4 Å². The third kappa shape index (κ3) is 2.40. The van der Waals surface area contributed by atoms with E-state index in [0.717, 1.165) is 32.5 Å². The molecule has 1 amide bonds. The Morgan fingerprint density at radius 2 is 1.89 bits per heavy atom. The Hall–Kier alpha value is -1.33. The summed E-state index contributed by atoms with van der Waals surface area (Å²) in [4.78, 5) is 16.6. The van der Waals surface area contributed by atoms with E-state index in [1.54, 1.807) is 0 Å². The number of rotatable bonds is 2. The molecule has 2 fully saturated rings. The van der Waals surface area contributed by atoms with Gasteiger partial charge in [0, 0.05) is 6.54 Å². The number of carbonyl (C=O) groups excluding carboxylic acids is 1. The van der Waals surface area contributed by atoms with Gasteiger partial charge in [0.25, 0.3) is 0 Å². The van der Waals surface area contributed by atoms with Crippen LogP contribution < -0.4 is 5.32 Å². The SMILES string of the molecule is BN1CCC2(CC1)NCC(=O)N2Cc1ccccc1. The molecule has 2 heterocycles. The molecular weight excluding hydrogens is 237 g/mol. The molecule has 0 atom stereocenters. The number of carbonyl (C=O) groups is 1. The molecule has 3 rings (SSSR count). The zero-order valence-corrected chi connectivity index (χ0v) is 11.4. The van der Waals surface area contributed by atoms with Crippen LogP contribution in [0.5, 0.6) is 0 Å². The number of nitrogens with one attached hydrogen (secondary N) is 1. The van der Waals surface area contributed by atoms with Gasteiger partial charge in [-0.05, 0) is 31.5 Å². The van der Waals surface area contributed by atoms with Gasteiger partial charge in [0.05, 0.1) is 12.2 Å². The second kappa shape index (κ2) is 4.98. The lowest BCUT2D eigenvalue weighted by atomic mass is 9.94. The monoisotopic (exact) mass is 257 g/mol. The Morgan fingerprint density at radius 3 is 2.58 bits per heavy atom. The van der Waals surface area contributed by atoms with Crippen molar-refractivity contribution in [3.8, 4) is 0 Å². The van der Waals surface area contributed by atoms with E-state index in [4.69, 9.17) is 0 Å². The van der Waals surface area contributed by atoms with Crippen molar-refractivity contribution in [3.63, 3.8) is 0 Å². The van der Waals surface area contributed by atoms with Gasteiger partial charge in [0.1, 0.15) is 0 Å². The van der Waals surface area contributed by atoms with Crippen LogP contribution in [0.2, 0.25) is 0 Å². The van der Waals surface area contributed by atoms with Crippen molar-refractivity contribution in [2.24, 2.45) is 0 Å². The summed E-state index contributed by atoms with van der Waals surface area (Å²) < 4.78 is 0. The maximum absolute atomic E-state index is 12.2. The van der Waals surface area contributed by atoms with E-state index in [-0.39, 0.29) is 11.6 Å². The quantitative estimate of drug-likeness (QED) is 0.755. The molecule has 1 N–H and O–H groups in total. The van der Waals surface area contributed by atoms with Crippen molar-refractivity contribution < 1.29 is 4.79 Å². The fourth-order valence-corrected chi connectivity index (χ4v) is 3.11. The molecule has 1 aromatic carbocycles. The predicted molar refractivity (Wildman–Crippen MR) is 77.1 cm³/mol. The predicted octanol–water partition coefficient (Wildman–Crippen LogP) is -0.0414. The maximum atomic E-state index is 12.2. The highest BCUT2D eigenvalue weighted by molar-refractivity contribution is 6.04. The molecule has 1 aromatic rings. The number of piperidine rings is 1. The first-order valence-corrected chi connectivity index (χ1v) is 6.98. The topological polar surface area (TPSA) is 35.6 Å². The van der Waals surface area contributed by atoms with E-state index in [1.807, 2.05) is 18.2 Å². The van der Waals surface area contributed by atoms with E-state index in [1.165, 1.54) is 5.56 Å². The zero-order valence-electron chi connectivity index (χ0n) is 11.4. The van der Waals surface area contributed by atoms with Crippen LogP contribution in [-0.4, -0.2) is 48.9 Å². The fourth-order valence-electron chi connectivity index (χ4n) is 3.11. The van der Waals surface area contributed by atoms with Crippen molar-refractivity contribution in [2.75, 3.05) is 19.6 Å². The Bertz CT molecular complexity index is 457. The molecule has 4 nitrogen and oxygen atoms in total. The first kappa shape index (κ1) is 12.7. The molecule has 1 spiro atoms. The molecule has 0 aromatic heterocycles. The highest BCUT2D eigenvalue weighted by atomic mass is 16.2.